The van der Waals surface area contributed by atoms with E-state index >= 15 is 0 Å². The zero-order chi connectivity index (χ0) is 15.2. The molecule has 5 nitrogen and oxygen atoms in total. The highest BCUT2D eigenvalue weighted by Gasteiger charge is 2.42. The van der Waals surface area contributed by atoms with E-state index in [2.05, 4.69) is 29.0 Å². The van der Waals surface area contributed by atoms with Gasteiger partial charge in [-0.1, -0.05) is 0 Å². The maximum atomic E-state index is 12.4. The van der Waals surface area contributed by atoms with Gasteiger partial charge in [-0.05, 0) is 47.7 Å². The Morgan fingerprint density at radius 3 is 2.40 bits per heavy atom. The third-order valence-electron chi connectivity index (χ3n) is 4.07. The Labute approximate surface area is 123 Å². The lowest BCUT2D eigenvalue weighted by Gasteiger charge is -2.42. The van der Waals surface area contributed by atoms with Crippen molar-refractivity contribution in [1.29, 1.82) is 0 Å². The Balaban J connectivity index is 2.64. The van der Waals surface area contributed by atoms with Crippen LogP contribution in [0.2, 0.25) is 0 Å². The number of esters is 1. The molecule has 118 valence electrons. The summed E-state index contributed by atoms with van der Waals surface area (Å²) >= 11 is 0. The van der Waals surface area contributed by atoms with Gasteiger partial charge in [-0.15, -0.1) is 0 Å². The lowest BCUT2D eigenvalue weighted by atomic mass is 9.86. The summed E-state index contributed by atoms with van der Waals surface area (Å²) < 4.78 is 5.30. The lowest BCUT2D eigenvalue weighted by Crippen LogP contribution is -2.60. The summed E-state index contributed by atoms with van der Waals surface area (Å²) in [6.07, 6.45) is 1.66. The molecule has 0 aromatic carbocycles. The highest BCUT2D eigenvalue weighted by Crippen LogP contribution is 2.25. The number of likely N-dealkylation sites (tertiary alicyclic amines) is 1. The average Bonchev–Trinajstić information content (AvgIpc) is 2.39. The first-order valence-corrected chi connectivity index (χ1v) is 7.72. The predicted octanol–water partition coefficient (Wildman–Crippen LogP) is 0.944. The Bertz CT molecular complexity index is 292. The molecule has 1 rings (SSSR count). The van der Waals surface area contributed by atoms with Gasteiger partial charge in [-0.3, -0.25) is 4.79 Å². The molecule has 1 saturated heterocycles. The number of hydrogen-bond acceptors (Lipinski definition) is 5. The molecule has 0 saturated carbocycles. The number of carbonyl (C=O) groups excluding carboxylic acids is 1. The van der Waals surface area contributed by atoms with Crippen molar-refractivity contribution in [3.63, 3.8) is 0 Å². The van der Waals surface area contributed by atoms with Gasteiger partial charge in [-0.2, -0.15) is 0 Å². The lowest BCUT2D eigenvalue weighted by molar-refractivity contribution is -0.153. The molecule has 0 unspecified atom stereocenters. The molecule has 0 aliphatic carbocycles. The third-order valence-corrected chi connectivity index (χ3v) is 4.07. The highest BCUT2D eigenvalue weighted by atomic mass is 16.5. The summed E-state index contributed by atoms with van der Waals surface area (Å²) in [4.78, 5) is 16.9. The second kappa shape index (κ2) is 7.96. The summed E-state index contributed by atoms with van der Waals surface area (Å²) in [5.41, 5.74) is -0.489. The van der Waals surface area contributed by atoms with Crippen LogP contribution in [0.5, 0.6) is 0 Å². The van der Waals surface area contributed by atoms with Crippen LogP contribution in [0.15, 0.2) is 0 Å². The summed E-state index contributed by atoms with van der Waals surface area (Å²) in [7, 11) is 4.08. The second-order valence-electron chi connectivity index (χ2n) is 6.16. The molecular formula is C15H31N3O2. The fourth-order valence-electron chi connectivity index (χ4n) is 2.66. The third kappa shape index (κ3) is 4.72. The van der Waals surface area contributed by atoms with E-state index in [0.717, 1.165) is 39.0 Å². The van der Waals surface area contributed by atoms with Gasteiger partial charge in [0.15, 0.2) is 0 Å². The zero-order valence-corrected chi connectivity index (χ0v) is 13.7. The fourth-order valence-corrected chi connectivity index (χ4v) is 2.66. The van der Waals surface area contributed by atoms with Crippen molar-refractivity contribution in [3.8, 4) is 0 Å². The van der Waals surface area contributed by atoms with Crippen molar-refractivity contribution in [2.24, 2.45) is 0 Å². The van der Waals surface area contributed by atoms with E-state index in [-0.39, 0.29) is 5.97 Å². The van der Waals surface area contributed by atoms with E-state index in [9.17, 15) is 4.79 Å². The summed E-state index contributed by atoms with van der Waals surface area (Å²) in [6, 6.07) is 0.539. The predicted molar refractivity (Wildman–Crippen MR) is 81.9 cm³/mol. The number of hydrogen-bond donors (Lipinski definition) is 1. The Morgan fingerprint density at radius 1 is 1.35 bits per heavy atom. The van der Waals surface area contributed by atoms with Gasteiger partial charge in [0.2, 0.25) is 0 Å². The number of ether oxygens (including phenoxy) is 1. The molecule has 0 spiro atoms. The normalized spacial score (nSPS) is 19.6. The molecule has 0 radical (unpaired) electrons. The van der Waals surface area contributed by atoms with Crippen LogP contribution in [0.25, 0.3) is 0 Å². The topological polar surface area (TPSA) is 44.8 Å². The van der Waals surface area contributed by atoms with Gasteiger partial charge >= 0.3 is 5.97 Å². The maximum Gasteiger partial charge on any atom is 0.326 e. The molecule has 1 aliphatic rings. The van der Waals surface area contributed by atoms with Crippen LogP contribution in [-0.2, 0) is 9.53 Å². The number of carbonyl (C=O) groups is 1. The molecule has 5 heteroatoms. The molecular weight excluding hydrogens is 254 g/mol. The van der Waals surface area contributed by atoms with Gasteiger partial charge in [0.05, 0.1) is 6.61 Å². The van der Waals surface area contributed by atoms with E-state index in [0.29, 0.717) is 12.6 Å². The molecule has 0 bridgehead atoms. The van der Waals surface area contributed by atoms with Crippen LogP contribution >= 0.6 is 0 Å². The van der Waals surface area contributed by atoms with Crippen molar-refractivity contribution in [3.05, 3.63) is 0 Å². The van der Waals surface area contributed by atoms with Crippen LogP contribution in [-0.4, -0.2) is 74.2 Å². The van der Waals surface area contributed by atoms with E-state index in [4.69, 9.17) is 4.74 Å². The van der Waals surface area contributed by atoms with Crippen molar-refractivity contribution in [2.45, 2.75) is 45.2 Å². The molecule has 0 aromatic rings. The van der Waals surface area contributed by atoms with E-state index in [1.807, 2.05) is 21.0 Å². The molecule has 1 N–H and O–H groups in total. The molecule has 1 heterocycles. The number of nitrogens with one attached hydrogen (secondary N) is 1. The fraction of sp³-hybridized carbons (Fsp3) is 0.933. The van der Waals surface area contributed by atoms with E-state index in [1.54, 1.807) is 0 Å². The number of likely N-dealkylation sites (N-methyl/N-ethyl adjacent to an activating group) is 1. The molecule has 1 aliphatic heterocycles. The SMILES string of the molecule is CCOC(=O)C1(NCCN(C)C)CCN(C(C)C)CC1. The summed E-state index contributed by atoms with van der Waals surface area (Å²) in [5.74, 6) is -0.0813. The number of nitrogens with zero attached hydrogens (tertiary/aromatic N) is 2. The minimum absolute atomic E-state index is 0.0813. The van der Waals surface area contributed by atoms with Gasteiger partial charge in [0.1, 0.15) is 5.54 Å². The first-order chi connectivity index (χ1) is 9.41. The number of rotatable bonds is 7. The Hall–Kier alpha value is -0.650. The molecule has 0 aromatic heterocycles. The van der Waals surface area contributed by atoms with Gasteiger partial charge in [0.25, 0.3) is 0 Å². The summed E-state index contributed by atoms with van der Waals surface area (Å²) in [5, 5.41) is 3.47. The van der Waals surface area contributed by atoms with Gasteiger partial charge in [0, 0.05) is 32.2 Å². The van der Waals surface area contributed by atoms with Crippen molar-refractivity contribution in [2.75, 3.05) is 46.9 Å². The van der Waals surface area contributed by atoms with Gasteiger partial charge in [-0.25, -0.2) is 0 Å². The molecule has 20 heavy (non-hydrogen) atoms. The molecule has 1 fully saturated rings. The van der Waals surface area contributed by atoms with Crippen LogP contribution in [0, 0.1) is 0 Å². The van der Waals surface area contributed by atoms with Crippen LogP contribution in [0.1, 0.15) is 33.6 Å². The summed E-state index contributed by atoms with van der Waals surface area (Å²) in [6.45, 7) is 10.4. The van der Waals surface area contributed by atoms with Gasteiger partial charge < -0.3 is 19.9 Å². The zero-order valence-electron chi connectivity index (χ0n) is 13.7. The number of piperidine rings is 1. The van der Waals surface area contributed by atoms with E-state index in [1.165, 1.54) is 0 Å². The molecule has 0 amide bonds. The molecule has 0 atom stereocenters. The highest BCUT2D eigenvalue weighted by molar-refractivity contribution is 5.81. The average molecular weight is 285 g/mol. The first kappa shape index (κ1) is 17.4. The second-order valence-corrected chi connectivity index (χ2v) is 6.16. The van der Waals surface area contributed by atoms with Crippen molar-refractivity contribution >= 4 is 5.97 Å². The smallest absolute Gasteiger partial charge is 0.326 e. The Morgan fingerprint density at radius 2 is 1.95 bits per heavy atom. The van der Waals surface area contributed by atoms with Crippen molar-refractivity contribution < 1.29 is 9.53 Å². The van der Waals surface area contributed by atoms with Crippen molar-refractivity contribution in [1.82, 2.24) is 15.1 Å². The van der Waals surface area contributed by atoms with Crippen LogP contribution in [0.3, 0.4) is 0 Å². The van der Waals surface area contributed by atoms with Crippen LogP contribution < -0.4 is 5.32 Å². The quantitative estimate of drug-likeness (QED) is 0.706. The first-order valence-electron chi connectivity index (χ1n) is 7.72. The minimum Gasteiger partial charge on any atom is -0.465 e. The van der Waals surface area contributed by atoms with E-state index < -0.39 is 5.54 Å². The Kier molecular flexibility index (Phi) is 6.92. The standard InChI is InChI=1S/C15H31N3O2/c1-6-20-14(19)15(16-9-12-17(4)5)7-10-18(11-8-15)13(2)3/h13,16H,6-12H2,1-5H3. The largest absolute Gasteiger partial charge is 0.465 e. The monoisotopic (exact) mass is 285 g/mol. The van der Waals surface area contributed by atoms with Crippen LogP contribution in [0.4, 0.5) is 0 Å². The maximum absolute atomic E-state index is 12.4. The minimum atomic E-state index is -0.489.